The highest BCUT2D eigenvalue weighted by Crippen LogP contribution is 2.17. The van der Waals surface area contributed by atoms with Crippen molar-refractivity contribution in [2.75, 3.05) is 31.1 Å². The summed E-state index contributed by atoms with van der Waals surface area (Å²) in [6.45, 7) is 4.87. The Morgan fingerprint density at radius 1 is 1.12 bits per heavy atom. The standard InChI is InChI=1S/C20H21FN4O/c1-15-6-7-25-14-17(22-19(25)12-15)13-20(26)24-10-8-23(9-11-24)18-4-2-16(21)3-5-18/h2-7,12,14H,8-11,13H2,1H3. The molecule has 1 fully saturated rings. The summed E-state index contributed by atoms with van der Waals surface area (Å²) >= 11 is 0. The van der Waals surface area contributed by atoms with E-state index < -0.39 is 0 Å². The molecule has 0 bridgehead atoms. The van der Waals surface area contributed by atoms with Gasteiger partial charge in [0.15, 0.2) is 0 Å². The molecule has 4 rings (SSSR count). The summed E-state index contributed by atoms with van der Waals surface area (Å²) in [5.41, 5.74) is 3.81. The monoisotopic (exact) mass is 352 g/mol. The zero-order chi connectivity index (χ0) is 18.1. The predicted molar refractivity (Wildman–Crippen MR) is 98.8 cm³/mol. The van der Waals surface area contributed by atoms with Crippen molar-refractivity contribution in [3.8, 4) is 0 Å². The fraction of sp³-hybridized carbons (Fsp3) is 0.300. The fourth-order valence-corrected chi connectivity index (χ4v) is 3.35. The van der Waals surface area contributed by atoms with Crippen molar-refractivity contribution in [1.29, 1.82) is 0 Å². The molecule has 0 aliphatic carbocycles. The van der Waals surface area contributed by atoms with E-state index in [4.69, 9.17) is 0 Å². The molecule has 1 aliphatic heterocycles. The third kappa shape index (κ3) is 3.40. The maximum Gasteiger partial charge on any atom is 0.228 e. The minimum absolute atomic E-state index is 0.101. The molecular formula is C20H21FN4O. The summed E-state index contributed by atoms with van der Waals surface area (Å²) in [7, 11) is 0. The summed E-state index contributed by atoms with van der Waals surface area (Å²) in [4.78, 5) is 21.2. The van der Waals surface area contributed by atoms with Crippen molar-refractivity contribution < 1.29 is 9.18 Å². The fourth-order valence-electron chi connectivity index (χ4n) is 3.35. The molecule has 26 heavy (non-hydrogen) atoms. The quantitative estimate of drug-likeness (QED) is 0.728. The van der Waals surface area contributed by atoms with Crippen molar-refractivity contribution >= 4 is 17.2 Å². The van der Waals surface area contributed by atoms with Gasteiger partial charge in [-0.05, 0) is 48.9 Å². The number of benzene rings is 1. The van der Waals surface area contributed by atoms with E-state index in [1.807, 2.05) is 40.8 Å². The van der Waals surface area contributed by atoms with Crippen LogP contribution in [0.2, 0.25) is 0 Å². The predicted octanol–water partition coefficient (Wildman–Crippen LogP) is 2.67. The molecule has 1 saturated heterocycles. The molecule has 6 heteroatoms. The van der Waals surface area contributed by atoms with Crippen LogP contribution in [0, 0.1) is 12.7 Å². The summed E-state index contributed by atoms with van der Waals surface area (Å²) < 4.78 is 15.0. The number of carbonyl (C=O) groups is 1. The number of anilines is 1. The van der Waals surface area contributed by atoms with Crippen LogP contribution in [-0.4, -0.2) is 46.4 Å². The number of imidazole rings is 1. The van der Waals surface area contributed by atoms with Crippen molar-refractivity contribution in [2.45, 2.75) is 13.3 Å². The number of rotatable bonds is 3. The largest absolute Gasteiger partial charge is 0.368 e. The first-order chi connectivity index (χ1) is 12.6. The van der Waals surface area contributed by atoms with Crippen LogP contribution >= 0.6 is 0 Å². The molecule has 1 aromatic carbocycles. The minimum Gasteiger partial charge on any atom is -0.368 e. The Morgan fingerprint density at radius 3 is 2.58 bits per heavy atom. The Labute approximate surface area is 151 Å². The van der Waals surface area contributed by atoms with Gasteiger partial charge in [-0.2, -0.15) is 0 Å². The van der Waals surface area contributed by atoms with Gasteiger partial charge < -0.3 is 14.2 Å². The van der Waals surface area contributed by atoms with Gasteiger partial charge in [-0.15, -0.1) is 0 Å². The van der Waals surface area contributed by atoms with Crippen LogP contribution in [0.5, 0.6) is 0 Å². The van der Waals surface area contributed by atoms with Crippen molar-refractivity contribution in [1.82, 2.24) is 14.3 Å². The molecule has 5 nitrogen and oxygen atoms in total. The van der Waals surface area contributed by atoms with Crippen LogP contribution < -0.4 is 4.90 Å². The molecule has 0 saturated carbocycles. The first kappa shape index (κ1) is 16.6. The van der Waals surface area contributed by atoms with Crippen LogP contribution in [0.15, 0.2) is 48.8 Å². The number of carbonyl (C=O) groups excluding carboxylic acids is 1. The molecule has 134 valence electrons. The Kier molecular flexibility index (Phi) is 4.32. The van der Waals surface area contributed by atoms with E-state index in [1.165, 1.54) is 12.1 Å². The molecular weight excluding hydrogens is 331 g/mol. The van der Waals surface area contributed by atoms with E-state index >= 15 is 0 Å². The number of nitrogens with zero attached hydrogens (tertiary/aromatic N) is 4. The second kappa shape index (κ2) is 6.78. The molecule has 3 aromatic rings. The zero-order valence-electron chi connectivity index (χ0n) is 14.7. The molecule has 3 heterocycles. The smallest absolute Gasteiger partial charge is 0.228 e. The van der Waals surface area contributed by atoms with Crippen LogP contribution in [0.4, 0.5) is 10.1 Å². The number of fused-ring (bicyclic) bond motifs is 1. The summed E-state index contributed by atoms with van der Waals surface area (Å²) in [6, 6.07) is 10.5. The van der Waals surface area contributed by atoms with E-state index in [1.54, 1.807) is 12.1 Å². The normalized spacial score (nSPS) is 14.8. The summed E-state index contributed by atoms with van der Waals surface area (Å²) in [5, 5.41) is 0. The molecule has 2 aromatic heterocycles. The maximum atomic E-state index is 13.0. The van der Waals surface area contributed by atoms with Gasteiger partial charge in [0, 0.05) is 44.3 Å². The molecule has 0 atom stereocenters. The van der Waals surface area contributed by atoms with Crippen LogP contribution in [-0.2, 0) is 11.2 Å². The lowest BCUT2D eigenvalue weighted by Crippen LogP contribution is -2.49. The second-order valence-corrected chi connectivity index (χ2v) is 6.72. The molecule has 1 aliphatic rings. The number of aryl methyl sites for hydroxylation is 1. The van der Waals surface area contributed by atoms with E-state index in [0.717, 1.165) is 35.7 Å². The van der Waals surface area contributed by atoms with Crippen molar-refractivity contribution in [3.63, 3.8) is 0 Å². The van der Waals surface area contributed by atoms with Gasteiger partial charge in [-0.1, -0.05) is 0 Å². The molecule has 0 N–H and O–H groups in total. The highest BCUT2D eigenvalue weighted by Gasteiger charge is 2.22. The number of piperazine rings is 1. The molecule has 0 unspecified atom stereocenters. The topological polar surface area (TPSA) is 40.9 Å². The second-order valence-electron chi connectivity index (χ2n) is 6.72. The third-order valence-electron chi connectivity index (χ3n) is 4.82. The van der Waals surface area contributed by atoms with E-state index in [0.29, 0.717) is 19.5 Å². The Balaban J connectivity index is 1.37. The average Bonchev–Trinajstić information content (AvgIpc) is 3.03. The molecule has 0 radical (unpaired) electrons. The first-order valence-electron chi connectivity index (χ1n) is 8.81. The Bertz CT molecular complexity index is 927. The molecule has 1 amide bonds. The van der Waals surface area contributed by atoms with E-state index in [2.05, 4.69) is 9.88 Å². The van der Waals surface area contributed by atoms with Crippen molar-refractivity contribution in [2.24, 2.45) is 0 Å². The van der Waals surface area contributed by atoms with Crippen LogP contribution in [0.1, 0.15) is 11.3 Å². The lowest BCUT2D eigenvalue weighted by molar-refractivity contribution is -0.130. The SMILES string of the molecule is Cc1ccn2cc(CC(=O)N3CCN(c4ccc(F)cc4)CC3)nc2c1. The summed E-state index contributed by atoms with van der Waals surface area (Å²) in [5.74, 6) is -0.130. The van der Waals surface area contributed by atoms with Crippen molar-refractivity contribution in [3.05, 3.63) is 65.9 Å². The number of hydrogen-bond donors (Lipinski definition) is 0. The lowest BCUT2D eigenvalue weighted by Gasteiger charge is -2.36. The highest BCUT2D eigenvalue weighted by molar-refractivity contribution is 5.79. The average molecular weight is 352 g/mol. The van der Waals surface area contributed by atoms with Gasteiger partial charge in [0.1, 0.15) is 11.5 Å². The third-order valence-corrected chi connectivity index (χ3v) is 4.82. The molecule has 0 spiro atoms. The van der Waals surface area contributed by atoms with Gasteiger partial charge in [-0.25, -0.2) is 9.37 Å². The highest BCUT2D eigenvalue weighted by atomic mass is 19.1. The zero-order valence-corrected chi connectivity index (χ0v) is 14.7. The lowest BCUT2D eigenvalue weighted by atomic mass is 10.2. The maximum absolute atomic E-state index is 13.0. The Hall–Kier alpha value is -2.89. The van der Waals surface area contributed by atoms with E-state index in [-0.39, 0.29) is 11.7 Å². The number of pyridine rings is 1. The number of hydrogen-bond acceptors (Lipinski definition) is 3. The number of aromatic nitrogens is 2. The van der Waals surface area contributed by atoms with Gasteiger partial charge in [0.25, 0.3) is 0 Å². The Morgan fingerprint density at radius 2 is 1.85 bits per heavy atom. The van der Waals surface area contributed by atoms with Gasteiger partial charge >= 0.3 is 0 Å². The minimum atomic E-state index is -0.231. The van der Waals surface area contributed by atoms with Crippen LogP contribution in [0.25, 0.3) is 5.65 Å². The van der Waals surface area contributed by atoms with Gasteiger partial charge in [-0.3, -0.25) is 4.79 Å². The summed E-state index contributed by atoms with van der Waals surface area (Å²) in [6.07, 6.45) is 4.20. The van der Waals surface area contributed by atoms with Crippen LogP contribution in [0.3, 0.4) is 0 Å². The number of amides is 1. The van der Waals surface area contributed by atoms with Gasteiger partial charge in [0.05, 0.1) is 12.1 Å². The van der Waals surface area contributed by atoms with Gasteiger partial charge in [0.2, 0.25) is 5.91 Å². The first-order valence-corrected chi connectivity index (χ1v) is 8.81. The van der Waals surface area contributed by atoms with E-state index in [9.17, 15) is 9.18 Å². The number of halogens is 1.